The number of hydrogen-bond donors (Lipinski definition) is 2. The molecule has 26 heavy (non-hydrogen) atoms. The van der Waals surface area contributed by atoms with Crippen LogP contribution >= 0.6 is 0 Å². The number of rotatable bonds is 5. The molecule has 7 heteroatoms. The number of benzene rings is 1. The summed E-state index contributed by atoms with van der Waals surface area (Å²) in [6.45, 7) is 3.55. The molecule has 140 valence electrons. The molecule has 0 spiro atoms. The van der Waals surface area contributed by atoms with E-state index in [0.717, 1.165) is 42.7 Å². The van der Waals surface area contributed by atoms with Gasteiger partial charge in [-0.3, -0.25) is 9.48 Å². The number of nitrogens with one attached hydrogen (secondary N) is 2. The highest BCUT2D eigenvalue weighted by atomic mass is 19.1. The van der Waals surface area contributed by atoms with Crippen molar-refractivity contribution in [3.8, 4) is 0 Å². The fourth-order valence-corrected chi connectivity index (χ4v) is 3.61. The van der Waals surface area contributed by atoms with Gasteiger partial charge in [-0.05, 0) is 50.6 Å². The second kappa shape index (κ2) is 7.86. The molecule has 2 heterocycles. The van der Waals surface area contributed by atoms with Crippen LogP contribution in [0.2, 0.25) is 0 Å². The van der Waals surface area contributed by atoms with Crippen molar-refractivity contribution >= 4 is 11.6 Å². The molecule has 1 aliphatic heterocycles. The van der Waals surface area contributed by atoms with Crippen LogP contribution in [-0.4, -0.2) is 41.9 Å². The number of aromatic nitrogens is 2. The van der Waals surface area contributed by atoms with Crippen LogP contribution in [0.3, 0.4) is 0 Å². The van der Waals surface area contributed by atoms with Crippen LogP contribution in [-0.2, 0) is 11.8 Å². The van der Waals surface area contributed by atoms with Gasteiger partial charge in [-0.15, -0.1) is 0 Å². The molecular formula is C19H26FN5O. The van der Waals surface area contributed by atoms with Gasteiger partial charge in [0.05, 0.1) is 6.20 Å². The minimum Gasteiger partial charge on any atom is -0.369 e. The average molecular weight is 359 g/mol. The molecule has 1 aliphatic rings. The number of aryl methyl sites for hydroxylation is 2. The first-order valence-electron chi connectivity index (χ1n) is 8.95. The fraction of sp³-hybridized carbons (Fsp3) is 0.474. The summed E-state index contributed by atoms with van der Waals surface area (Å²) in [7, 11) is 3.60. The van der Waals surface area contributed by atoms with Crippen LogP contribution in [0.25, 0.3) is 0 Å². The minimum absolute atomic E-state index is 0.0526. The van der Waals surface area contributed by atoms with Gasteiger partial charge >= 0.3 is 0 Å². The normalized spacial score (nSPS) is 18.6. The molecule has 2 N–H and O–H groups in total. The van der Waals surface area contributed by atoms with E-state index in [1.807, 2.05) is 26.2 Å². The smallest absolute Gasteiger partial charge is 0.242 e. The lowest BCUT2D eigenvalue weighted by molar-refractivity contribution is -0.123. The fourth-order valence-electron chi connectivity index (χ4n) is 3.61. The predicted molar refractivity (Wildman–Crippen MR) is 99.5 cm³/mol. The van der Waals surface area contributed by atoms with Crippen molar-refractivity contribution in [2.24, 2.45) is 7.05 Å². The highest BCUT2D eigenvalue weighted by Crippen LogP contribution is 2.25. The van der Waals surface area contributed by atoms with Gasteiger partial charge in [0.15, 0.2) is 0 Å². The summed E-state index contributed by atoms with van der Waals surface area (Å²) in [6.07, 6.45) is 5.47. The zero-order chi connectivity index (χ0) is 18.7. The maximum absolute atomic E-state index is 13.4. The van der Waals surface area contributed by atoms with Crippen molar-refractivity contribution < 1.29 is 9.18 Å². The zero-order valence-electron chi connectivity index (χ0n) is 15.5. The van der Waals surface area contributed by atoms with Crippen LogP contribution in [0, 0.1) is 12.7 Å². The van der Waals surface area contributed by atoms with E-state index in [4.69, 9.17) is 0 Å². The van der Waals surface area contributed by atoms with Crippen molar-refractivity contribution in [1.29, 1.82) is 0 Å². The summed E-state index contributed by atoms with van der Waals surface area (Å²) in [5, 5.41) is 10.4. The van der Waals surface area contributed by atoms with Crippen molar-refractivity contribution in [2.45, 2.75) is 31.8 Å². The number of piperidine rings is 1. The molecule has 2 unspecified atom stereocenters. The molecule has 6 nitrogen and oxygen atoms in total. The number of halogens is 1. The summed E-state index contributed by atoms with van der Waals surface area (Å²) in [5.74, 6) is -0.273. The van der Waals surface area contributed by atoms with Gasteiger partial charge in [0.25, 0.3) is 0 Å². The second-order valence-electron chi connectivity index (χ2n) is 6.89. The first-order valence-corrected chi connectivity index (χ1v) is 8.95. The first kappa shape index (κ1) is 18.4. The number of likely N-dealkylation sites (N-methyl/N-ethyl adjacent to an activating group) is 1. The van der Waals surface area contributed by atoms with Crippen molar-refractivity contribution in [1.82, 2.24) is 20.4 Å². The lowest BCUT2D eigenvalue weighted by Gasteiger charge is -2.36. The molecule has 2 aromatic rings. The van der Waals surface area contributed by atoms with Gasteiger partial charge < -0.3 is 15.5 Å². The van der Waals surface area contributed by atoms with E-state index in [-0.39, 0.29) is 17.8 Å². The molecule has 0 saturated carbocycles. The number of hydrogen-bond acceptors (Lipinski definition) is 4. The summed E-state index contributed by atoms with van der Waals surface area (Å²) < 4.78 is 15.1. The van der Waals surface area contributed by atoms with Crippen molar-refractivity contribution in [2.75, 3.05) is 25.0 Å². The molecule has 1 aromatic carbocycles. The maximum atomic E-state index is 13.4. The largest absolute Gasteiger partial charge is 0.369 e. The van der Waals surface area contributed by atoms with Crippen molar-refractivity contribution in [3.63, 3.8) is 0 Å². The Morgan fingerprint density at radius 1 is 1.42 bits per heavy atom. The standard InChI is InChI=1S/C19H26FN5O/c1-13-9-15(20)6-7-17(13)25-8-4-5-16(12-25)23-19(26)18(21-2)14-10-22-24(3)11-14/h6-7,9-11,16,18,21H,4-5,8,12H2,1-3H3,(H,23,26). The van der Waals surface area contributed by atoms with Crippen LogP contribution in [0.5, 0.6) is 0 Å². The summed E-state index contributed by atoms with van der Waals surface area (Å²) in [5.41, 5.74) is 2.79. The number of carbonyl (C=O) groups excluding carboxylic acids is 1. The number of nitrogens with zero attached hydrogens (tertiary/aromatic N) is 3. The molecule has 2 atom stereocenters. The Balaban J connectivity index is 1.66. The zero-order valence-corrected chi connectivity index (χ0v) is 15.5. The van der Waals surface area contributed by atoms with Crippen LogP contribution in [0.4, 0.5) is 10.1 Å². The third-order valence-corrected chi connectivity index (χ3v) is 4.88. The lowest BCUT2D eigenvalue weighted by Crippen LogP contribution is -2.50. The molecule has 1 amide bonds. The van der Waals surface area contributed by atoms with Crippen LogP contribution < -0.4 is 15.5 Å². The van der Waals surface area contributed by atoms with Crippen LogP contribution in [0.1, 0.15) is 30.0 Å². The third-order valence-electron chi connectivity index (χ3n) is 4.88. The number of carbonyl (C=O) groups is 1. The molecule has 1 saturated heterocycles. The molecule has 0 radical (unpaired) electrons. The third kappa shape index (κ3) is 4.04. The number of amides is 1. The quantitative estimate of drug-likeness (QED) is 0.856. The highest BCUT2D eigenvalue weighted by Gasteiger charge is 2.26. The Morgan fingerprint density at radius 3 is 2.88 bits per heavy atom. The average Bonchev–Trinajstić information content (AvgIpc) is 3.02. The van der Waals surface area contributed by atoms with E-state index in [1.54, 1.807) is 24.0 Å². The van der Waals surface area contributed by atoms with Gasteiger partial charge in [-0.1, -0.05) is 0 Å². The van der Waals surface area contributed by atoms with Crippen LogP contribution in [0.15, 0.2) is 30.6 Å². The van der Waals surface area contributed by atoms with E-state index < -0.39 is 6.04 Å². The summed E-state index contributed by atoms with van der Waals surface area (Å²) in [6, 6.07) is 4.50. The number of anilines is 1. The van der Waals surface area contributed by atoms with Gasteiger partial charge in [-0.25, -0.2) is 4.39 Å². The lowest BCUT2D eigenvalue weighted by atomic mass is 10.0. The van der Waals surface area contributed by atoms with Crippen molar-refractivity contribution in [3.05, 3.63) is 47.5 Å². The molecule has 0 bridgehead atoms. The Morgan fingerprint density at radius 2 is 2.23 bits per heavy atom. The Kier molecular flexibility index (Phi) is 5.56. The van der Waals surface area contributed by atoms with E-state index in [2.05, 4.69) is 20.6 Å². The Bertz CT molecular complexity index is 775. The van der Waals surface area contributed by atoms with Gasteiger partial charge in [0.1, 0.15) is 11.9 Å². The molecule has 1 fully saturated rings. The topological polar surface area (TPSA) is 62.2 Å². The van der Waals surface area contributed by atoms with E-state index >= 15 is 0 Å². The second-order valence-corrected chi connectivity index (χ2v) is 6.89. The molecule has 3 rings (SSSR count). The maximum Gasteiger partial charge on any atom is 0.242 e. The molecule has 1 aromatic heterocycles. The monoisotopic (exact) mass is 359 g/mol. The van der Waals surface area contributed by atoms with Gasteiger partial charge in [0, 0.05) is 43.6 Å². The van der Waals surface area contributed by atoms with E-state index in [9.17, 15) is 9.18 Å². The Hall–Kier alpha value is -2.41. The highest BCUT2D eigenvalue weighted by molar-refractivity contribution is 5.83. The minimum atomic E-state index is -0.424. The van der Waals surface area contributed by atoms with Gasteiger partial charge in [-0.2, -0.15) is 5.10 Å². The molecular weight excluding hydrogens is 333 g/mol. The van der Waals surface area contributed by atoms with E-state index in [1.165, 1.54) is 6.07 Å². The predicted octanol–water partition coefficient (Wildman–Crippen LogP) is 1.91. The summed E-state index contributed by atoms with van der Waals surface area (Å²) >= 11 is 0. The molecule has 0 aliphatic carbocycles. The van der Waals surface area contributed by atoms with Gasteiger partial charge in [0.2, 0.25) is 5.91 Å². The summed E-state index contributed by atoms with van der Waals surface area (Å²) in [4.78, 5) is 15.0. The first-order chi connectivity index (χ1) is 12.5. The SMILES string of the molecule is CNC(C(=O)NC1CCCN(c2ccc(F)cc2C)C1)c1cnn(C)c1. The van der Waals surface area contributed by atoms with E-state index in [0.29, 0.717) is 0 Å². The Labute approximate surface area is 153 Å².